The van der Waals surface area contributed by atoms with Gasteiger partial charge in [0.05, 0.1) is 19.0 Å². The maximum absolute atomic E-state index is 12.1. The van der Waals surface area contributed by atoms with E-state index >= 15 is 0 Å². The first-order valence-corrected chi connectivity index (χ1v) is 6.05. The van der Waals surface area contributed by atoms with Gasteiger partial charge in [-0.15, -0.1) is 0 Å². The van der Waals surface area contributed by atoms with Crippen molar-refractivity contribution in [2.45, 2.75) is 0 Å². The SMILES string of the molecule is COc1ncccc1C(=O)Nc1ccc(N(C)C)cn1. The lowest BCUT2D eigenvalue weighted by atomic mass is 10.2. The second kappa shape index (κ2) is 6.01. The van der Waals surface area contributed by atoms with Crippen LogP contribution in [0.2, 0.25) is 0 Å². The molecule has 0 aliphatic heterocycles. The monoisotopic (exact) mass is 272 g/mol. The quantitative estimate of drug-likeness (QED) is 0.919. The normalized spacial score (nSPS) is 9.95. The number of methoxy groups -OCH3 is 1. The highest BCUT2D eigenvalue weighted by Crippen LogP contribution is 2.17. The molecule has 6 heteroatoms. The molecule has 1 N–H and O–H groups in total. The fourth-order valence-electron chi connectivity index (χ4n) is 1.63. The van der Waals surface area contributed by atoms with Gasteiger partial charge in [0.2, 0.25) is 5.88 Å². The minimum absolute atomic E-state index is 0.287. The van der Waals surface area contributed by atoms with Crippen molar-refractivity contribution >= 4 is 17.4 Å². The van der Waals surface area contributed by atoms with E-state index in [1.165, 1.54) is 7.11 Å². The molecule has 0 saturated carbocycles. The first-order valence-electron chi connectivity index (χ1n) is 6.05. The zero-order valence-electron chi connectivity index (χ0n) is 11.6. The molecule has 2 aromatic heterocycles. The van der Waals surface area contributed by atoms with Crippen LogP contribution in [0, 0.1) is 0 Å². The van der Waals surface area contributed by atoms with E-state index in [0.29, 0.717) is 11.4 Å². The van der Waals surface area contributed by atoms with Crippen molar-refractivity contribution in [3.8, 4) is 5.88 Å². The third kappa shape index (κ3) is 3.03. The molecule has 2 rings (SSSR count). The molecule has 0 bridgehead atoms. The van der Waals surface area contributed by atoms with Crippen LogP contribution in [0.3, 0.4) is 0 Å². The second-order valence-corrected chi connectivity index (χ2v) is 4.31. The summed E-state index contributed by atoms with van der Waals surface area (Å²) in [6.07, 6.45) is 3.26. The Morgan fingerprint density at radius 2 is 2.05 bits per heavy atom. The van der Waals surface area contributed by atoms with Gasteiger partial charge in [-0.05, 0) is 24.3 Å². The highest BCUT2D eigenvalue weighted by atomic mass is 16.5. The van der Waals surface area contributed by atoms with Crippen molar-refractivity contribution < 1.29 is 9.53 Å². The molecule has 6 nitrogen and oxygen atoms in total. The molecule has 2 aromatic rings. The number of amides is 1. The molecule has 0 aliphatic rings. The molecule has 0 spiro atoms. The van der Waals surface area contributed by atoms with Crippen LogP contribution in [0.15, 0.2) is 36.7 Å². The smallest absolute Gasteiger partial charge is 0.262 e. The predicted octanol–water partition coefficient (Wildman–Crippen LogP) is 1.80. The highest BCUT2D eigenvalue weighted by Gasteiger charge is 2.13. The van der Waals surface area contributed by atoms with Crippen molar-refractivity contribution in [2.24, 2.45) is 0 Å². The number of aromatic nitrogens is 2. The summed E-state index contributed by atoms with van der Waals surface area (Å²) in [4.78, 5) is 22.2. The van der Waals surface area contributed by atoms with Crippen molar-refractivity contribution in [3.05, 3.63) is 42.2 Å². The summed E-state index contributed by atoms with van der Waals surface area (Å²) in [5.41, 5.74) is 1.33. The summed E-state index contributed by atoms with van der Waals surface area (Å²) < 4.78 is 5.06. The zero-order chi connectivity index (χ0) is 14.5. The maximum Gasteiger partial charge on any atom is 0.262 e. The molecule has 0 radical (unpaired) electrons. The Bertz CT molecular complexity index is 596. The number of hydrogen-bond acceptors (Lipinski definition) is 5. The van der Waals surface area contributed by atoms with E-state index in [9.17, 15) is 4.79 Å². The molecule has 0 atom stereocenters. The lowest BCUT2D eigenvalue weighted by molar-refractivity contribution is 0.102. The van der Waals surface area contributed by atoms with Gasteiger partial charge < -0.3 is 15.0 Å². The van der Waals surface area contributed by atoms with Gasteiger partial charge in [0.25, 0.3) is 5.91 Å². The van der Waals surface area contributed by atoms with E-state index in [1.54, 1.807) is 30.6 Å². The topological polar surface area (TPSA) is 67.3 Å². The van der Waals surface area contributed by atoms with Gasteiger partial charge in [-0.3, -0.25) is 4.79 Å². The van der Waals surface area contributed by atoms with Crippen LogP contribution < -0.4 is 15.0 Å². The Labute approximate surface area is 117 Å². The second-order valence-electron chi connectivity index (χ2n) is 4.31. The lowest BCUT2D eigenvalue weighted by Crippen LogP contribution is -2.15. The third-order valence-electron chi connectivity index (χ3n) is 2.71. The average molecular weight is 272 g/mol. The van der Waals surface area contributed by atoms with Crippen molar-refractivity contribution in [3.63, 3.8) is 0 Å². The van der Waals surface area contributed by atoms with E-state index in [1.807, 2.05) is 25.1 Å². The minimum atomic E-state index is -0.306. The van der Waals surface area contributed by atoms with Gasteiger partial charge in [0.15, 0.2) is 0 Å². The summed E-state index contributed by atoms with van der Waals surface area (Å²) in [5, 5.41) is 2.71. The molecule has 104 valence electrons. The number of carbonyl (C=O) groups excluding carboxylic acids is 1. The summed E-state index contributed by atoms with van der Waals surface area (Å²) in [6.45, 7) is 0. The predicted molar refractivity (Wildman–Crippen MR) is 77.3 cm³/mol. The van der Waals surface area contributed by atoms with E-state index < -0.39 is 0 Å². The Balaban J connectivity index is 2.15. The number of ether oxygens (including phenoxy) is 1. The number of pyridine rings is 2. The molecule has 1 amide bonds. The summed E-state index contributed by atoms with van der Waals surface area (Å²) in [7, 11) is 5.33. The van der Waals surface area contributed by atoms with Gasteiger partial charge in [0.1, 0.15) is 11.4 Å². The van der Waals surface area contributed by atoms with Crippen molar-refractivity contribution in [1.82, 2.24) is 9.97 Å². The number of carbonyl (C=O) groups is 1. The van der Waals surface area contributed by atoms with Crippen LogP contribution >= 0.6 is 0 Å². The van der Waals surface area contributed by atoms with E-state index in [-0.39, 0.29) is 11.8 Å². The van der Waals surface area contributed by atoms with Crippen molar-refractivity contribution in [2.75, 3.05) is 31.4 Å². The Morgan fingerprint density at radius 1 is 1.25 bits per heavy atom. The maximum atomic E-state index is 12.1. The fourth-order valence-corrected chi connectivity index (χ4v) is 1.63. The van der Waals surface area contributed by atoms with E-state index in [4.69, 9.17) is 4.74 Å². The first kappa shape index (κ1) is 13.8. The lowest BCUT2D eigenvalue weighted by Gasteiger charge is -2.12. The largest absolute Gasteiger partial charge is 0.480 e. The first-order chi connectivity index (χ1) is 9.61. The number of hydrogen-bond donors (Lipinski definition) is 1. The zero-order valence-corrected chi connectivity index (χ0v) is 11.6. The summed E-state index contributed by atoms with van der Waals surface area (Å²) in [5.74, 6) is 0.460. The molecular formula is C14H16N4O2. The van der Waals surface area contributed by atoms with Gasteiger partial charge in [-0.1, -0.05) is 0 Å². The molecule has 2 heterocycles. The van der Waals surface area contributed by atoms with E-state index in [2.05, 4.69) is 15.3 Å². The Morgan fingerprint density at radius 3 is 2.65 bits per heavy atom. The molecular weight excluding hydrogens is 256 g/mol. The van der Waals surface area contributed by atoms with Crippen LogP contribution in [-0.2, 0) is 0 Å². The average Bonchev–Trinajstić information content (AvgIpc) is 2.47. The molecule has 0 aromatic carbocycles. The summed E-state index contributed by atoms with van der Waals surface area (Å²) in [6, 6.07) is 6.95. The van der Waals surface area contributed by atoms with E-state index in [0.717, 1.165) is 5.69 Å². The molecule has 0 aliphatic carbocycles. The number of nitrogens with one attached hydrogen (secondary N) is 1. The van der Waals surface area contributed by atoms with Crippen LogP contribution in [-0.4, -0.2) is 37.1 Å². The standard InChI is InChI=1S/C14H16N4O2/c1-18(2)10-6-7-12(16-9-10)17-13(19)11-5-4-8-15-14(11)20-3/h4-9H,1-3H3,(H,16,17,19). The van der Waals surface area contributed by atoms with Crippen LogP contribution in [0.5, 0.6) is 5.88 Å². The number of anilines is 2. The number of nitrogens with zero attached hydrogens (tertiary/aromatic N) is 3. The van der Waals surface area contributed by atoms with Gasteiger partial charge in [-0.2, -0.15) is 0 Å². The van der Waals surface area contributed by atoms with Gasteiger partial charge in [-0.25, -0.2) is 9.97 Å². The number of rotatable bonds is 4. The summed E-state index contributed by atoms with van der Waals surface area (Å²) >= 11 is 0. The van der Waals surface area contributed by atoms with Gasteiger partial charge >= 0.3 is 0 Å². The Kier molecular flexibility index (Phi) is 4.14. The van der Waals surface area contributed by atoms with Gasteiger partial charge in [0, 0.05) is 20.3 Å². The van der Waals surface area contributed by atoms with Crippen LogP contribution in [0.1, 0.15) is 10.4 Å². The third-order valence-corrected chi connectivity index (χ3v) is 2.71. The Hall–Kier alpha value is -2.63. The highest BCUT2D eigenvalue weighted by molar-refractivity contribution is 6.05. The van der Waals surface area contributed by atoms with Crippen molar-refractivity contribution in [1.29, 1.82) is 0 Å². The molecule has 20 heavy (non-hydrogen) atoms. The molecule has 0 fully saturated rings. The van der Waals surface area contributed by atoms with Crippen LogP contribution in [0.4, 0.5) is 11.5 Å². The molecule has 0 saturated heterocycles. The minimum Gasteiger partial charge on any atom is -0.480 e. The fraction of sp³-hybridized carbons (Fsp3) is 0.214. The van der Waals surface area contributed by atoms with Crippen LogP contribution in [0.25, 0.3) is 0 Å². The molecule has 0 unspecified atom stereocenters.